The van der Waals surface area contributed by atoms with Gasteiger partial charge in [0.1, 0.15) is 0 Å². The van der Waals surface area contributed by atoms with Crippen LogP contribution in [0.5, 0.6) is 0 Å². The van der Waals surface area contributed by atoms with Gasteiger partial charge in [-0.15, -0.1) is 10.2 Å². The molecular formula is C14H22N4O2. The monoisotopic (exact) mass is 278 g/mol. The molecule has 1 N–H and O–H groups in total. The molecule has 20 heavy (non-hydrogen) atoms. The fraction of sp³-hybridized carbons (Fsp3) is 0.643. The lowest BCUT2D eigenvalue weighted by Gasteiger charge is -2.33. The third kappa shape index (κ3) is 3.45. The Morgan fingerprint density at radius 3 is 2.85 bits per heavy atom. The molecule has 1 aliphatic rings. The summed E-state index contributed by atoms with van der Waals surface area (Å²) in [6.07, 6.45) is 3.09. The number of hydrogen-bond donors (Lipinski definition) is 1. The molecule has 1 fully saturated rings. The molecule has 6 nitrogen and oxygen atoms in total. The number of piperidine rings is 1. The van der Waals surface area contributed by atoms with Gasteiger partial charge in [-0.2, -0.15) is 0 Å². The first-order valence-corrected chi connectivity index (χ1v) is 7.03. The largest absolute Gasteiger partial charge is 0.396 e. The SMILES string of the molecule is CN(C)C(=O)c1ccc(N2CCCC(CCO)C2)nn1. The van der Waals surface area contributed by atoms with Gasteiger partial charge in [-0.05, 0) is 37.3 Å². The average molecular weight is 278 g/mol. The standard InChI is InChI=1S/C14H22N4O2/c1-17(2)14(20)12-5-6-13(16-15-12)18-8-3-4-11(10-18)7-9-19/h5-6,11,19H,3-4,7-10H2,1-2H3. The number of aromatic nitrogens is 2. The van der Waals surface area contributed by atoms with E-state index >= 15 is 0 Å². The van der Waals surface area contributed by atoms with E-state index in [1.807, 2.05) is 6.07 Å². The molecule has 0 spiro atoms. The van der Waals surface area contributed by atoms with Crippen LogP contribution in [0.4, 0.5) is 5.82 Å². The van der Waals surface area contributed by atoms with Gasteiger partial charge in [0.05, 0.1) is 0 Å². The van der Waals surface area contributed by atoms with Crippen LogP contribution in [-0.2, 0) is 0 Å². The summed E-state index contributed by atoms with van der Waals surface area (Å²) in [6.45, 7) is 2.09. The van der Waals surface area contributed by atoms with Gasteiger partial charge in [0, 0.05) is 33.8 Å². The number of anilines is 1. The van der Waals surface area contributed by atoms with E-state index in [1.54, 1.807) is 20.2 Å². The molecule has 1 aromatic rings. The van der Waals surface area contributed by atoms with Gasteiger partial charge in [-0.25, -0.2) is 0 Å². The molecule has 2 heterocycles. The molecule has 0 saturated carbocycles. The van der Waals surface area contributed by atoms with Gasteiger partial charge < -0.3 is 14.9 Å². The van der Waals surface area contributed by atoms with Gasteiger partial charge in [0.25, 0.3) is 5.91 Å². The normalized spacial score (nSPS) is 18.9. The van der Waals surface area contributed by atoms with E-state index in [4.69, 9.17) is 5.11 Å². The molecule has 1 aliphatic heterocycles. The summed E-state index contributed by atoms with van der Waals surface area (Å²) in [7, 11) is 3.39. The Kier molecular flexibility index (Phi) is 4.89. The Labute approximate surface area is 119 Å². The lowest BCUT2D eigenvalue weighted by Crippen LogP contribution is -2.36. The number of carbonyl (C=O) groups excluding carboxylic acids is 1. The van der Waals surface area contributed by atoms with E-state index in [-0.39, 0.29) is 12.5 Å². The Morgan fingerprint density at radius 2 is 2.25 bits per heavy atom. The number of hydrogen-bond acceptors (Lipinski definition) is 5. The molecule has 0 aliphatic carbocycles. The van der Waals surface area contributed by atoms with Gasteiger partial charge in [0.2, 0.25) is 0 Å². The Hall–Kier alpha value is -1.69. The van der Waals surface area contributed by atoms with E-state index in [1.165, 1.54) is 4.90 Å². The number of aliphatic hydroxyl groups is 1. The minimum Gasteiger partial charge on any atom is -0.396 e. The quantitative estimate of drug-likeness (QED) is 0.881. The summed E-state index contributed by atoms with van der Waals surface area (Å²) in [6, 6.07) is 3.57. The summed E-state index contributed by atoms with van der Waals surface area (Å²) in [4.78, 5) is 15.4. The third-order valence-corrected chi connectivity index (χ3v) is 3.66. The van der Waals surface area contributed by atoms with Crippen molar-refractivity contribution in [3.05, 3.63) is 17.8 Å². The van der Waals surface area contributed by atoms with Crippen molar-refractivity contribution in [2.24, 2.45) is 5.92 Å². The molecule has 110 valence electrons. The van der Waals surface area contributed by atoms with Crippen LogP contribution in [0.1, 0.15) is 29.8 Å². The van der Waals surface area contributed by atoms with Crippen LogP contribution in [0.3, 0.4) is 0 Å². The van der Waals surface area contributed by atoms with Crippen molar-refractivity contribution >= 4 is 11.7 Å². The molecule has 6 heteroatoms. The van der Waals surface area contributed by atoms with Crippen molar-refractivity contribution in [1.82, 2.24) is 15.1 Å². The highest BCUT2D eigenvalue weighted by atomic mass is 16.3. The maximum absolute atomic E-state index is 11.8. The minimum absolute atomic E-state index is 0.138. The summed E-state index contributed by atoms with van der Waals surface area (Å²) in [5.41, 5.74) is 0.364. The van der Waals surface area contributed by atoms with Crippen LogP contribution < -0.4 is 4.90 Å². The van der Waals surface area contributed by atoms with E-state index in [9.17, 15) is 4.79 Å². The molecule has 2 rings (SSSR count). The van der Waals surface area contributed by atoms with Crippen molar-refractivity contribution in [3.8, 4) is 0 Å². The molecule has 1 atom stereocenters. The summed E-state index contributed by atoms with van der Waals surface area (Å²) in [5.74, 6) is 1.18. The Bertz CT molecular complexity index is 445. The van der Waals surface area contributed by atoms with Crippen molar-refractivity contribution < 1.29 is 9.90 Å². The Morgan fingerprint density at radius 1 is 1.45 bits per heavy atom. The number of amides is 1. The van der Waals surface area contributed by atoms with Crippen LogP contribution in [0, 0.1) is 5.92 Å². The number of rotatable bonds is 4. The first-order chi connectivity index (χ1) is 9.61. The molecule has 1 unspecified atom stereocenters. The lowest BCUT2D eigenvalue weighted by atomic mass is 9.95. The maximum Gasteiger partial charge on any atom is 0.273 e. The second kappa shape index (κ2) is 6.65. The highest BCUT2D eigenvalue weighted by Gasteiger charge is 2.21. The highest BCUT2D eigenvalue weighted by Crippen LogP contribution is 2.23. The predicted octanol–water partition coefficient (Wildman–Crippen LogP) is 0.777. The van der Waals surface area contributed by atoms with Gasteiger partial charge >= 0.3 is 0 Å². The van der Waals surface area contributed by atoms with Crippen molar-refractivity contribution in [3.63, 3.8) is 0 Å². The van der Waals surface area contributed by atoms with Crippen molar-refractivity contribution in [1.29, 1.82) is 0 Å². The second-order valence-electron chi connectivity index (χ2n) is 5.44. The van der Waals surface area contributed by atoms with E-state index in [0.29, 0.717) is 11.6 Å². The van der Waals surface area contributed by atoms with Crippen LogP contribution in [-0.4, -0.2) is 59.9 Å². The average Bonchev–Trinajstić information content (AvgIpc) is 2.47. The Balaban J connectivity index is 2.04. The van der Waals surface area contributed by atoms with Crippen molar-refractivity contribution in [2.45, 2.75) is 19.3 Å². The van der Waals surface area contributed by atoms with Gasteiger partial charge in [0.15, 0.2) is 11.5 Å². The van der Waals surface area contributed by atoms with Crippen LogP contribution >= 0.6 is 0 Å². The maximum atomic E-state index is 11.8. The molecule has 1 aromatic heterocycles. The molecular weight excluding hydrogens is 256 g/mol. The lowest BCUT2D eigenvalue weighted by molar-refractivity contribution is 0.0821. The van der Waals surface area contributed by atoms with E-state index in [2.05, 4.69) is 15.1 Å². The predicted molar refractivity (Wildman–Crippen MR) is 76.7 cm³/mol. The zero-order valence-corrected chi connectivity index (χ0v) is 12.1. The van der Waals surface area contributed by atoms with Crippen LogP contribution in [0.15, 0.2) is 12.1 Å². The summed E-state index contributed by atoms with van der Waals surface area (Å²) >= 11 is 0. The van der Waals surface area contributed by atoms with Gasteiger partial charge in [-0.3, -0.25) is 4.79 Å². The van der Waals surface area contributed by atoms with Crippen LogP contribution in [0.2, 0.25) is 0 Å². The minimum atomic E-state index is -0.138. The van der Waals surface area contributed by atoms with Gasteiger partial charge in [-0.1, -0.05) is 0 Å². The fourth-order valence-electron chi connectivity index (χ4n) is 2.53. The van der Waals surface area contributed by atoms with Crippen LogP contribution in [0.25, 0.3) is 0 Å². The third-order valence-electron chi connectivity index (χ3n) is 3.66. The van der Waals surface area contributed by atoms with Crippen molar-refractivity contribution in [2.75, 3.05) is 38.7 Å². The first-order valence-electron chi connectivity index (χ1n) is 7.03. The molecule has 1 amide bonds. The smallest absolute Gasteiger partial charge is 0.273 e. The van der Waals surface area contributed by atoms with E-state index in [0.717, 1.165) is 38.2 Å². The zero-order valence-electron chi connectivity index (χ0n) is 12.1. The number of nitrogens with zero attached hydrogens (tertiary/aromatic N) is 4. The molecule has 0 radical (unpaired) electrons. The summed E-state index contributed by atoms with van der Waals surface area (Å²) in [5, 5.41) is 17.2. The topological polar surface area (TPSA) is 69.6 Å². The first kappa shape index (κ1) is 14.7. The fourth-order valence-corrected chi connectivity index (χ4v) is 2.53. The molecule has 0 bridgehead atoms. The highest BCUT2D eigenvalue weighted by molar-refractivity contribution is 5.91. The number of carbonyl (C=O) groups is 1. The number of aliphatic hydroxyl groups excluding tert-OH is 1. The second-order valence-corrected chi connectivity index (χ2v) is 5.44. The molecule has 0 aromatic carbocycles. The van der Waals surface area contributed by atoms with E-state index < -0.39 is 0 Å². The molecule has 1 saturated heterocycles. The zero-order chi connectivity index (χ0) is 14.5. The summed E-state index contributed by atoms with van der Waals surface area (Å²) < 4.78 is 0.